The van der Waals surface area contributed by atoms with Gasteiger partial charge in [0.15, 0.2) is 0 Å². The lowest BCUT2D eigenvalue weighted by atomic mass is 9.99. The number of benzene rings is 2. The number of methoxy groups -OCH3 is 1. The quantitative estimate of drug-likeness (QED) is 0.780. The number of hydrogen-bond donors (Lipinski definition) is 0. The minimum Gasteiger partial charge on any atom is -0.465 e. The second kappa shape index (κ2) is 6.19. The number of esters is 1. The summed E-state index contributed by atoms with van der Waals surface area (Å²) in [6.45, 7) is 2.08. The first-order chi connectivity index (χ1) is 9.20. The normalized spacial score (nSPS) is 10.2. The van der Waals surface area contributed by atoms with Crippen molar-refractivity contribution >= 4 is 5.97 Å². The number of rotatable bonds is 4. The van der Waals surface area contributed by atoms with Crippen LogP contribution in [0.4, 0.5) is 0 Å². The predicted octanol–water partition coefficient (Wildman–Crippen LogP) is 3.57. The Hall–Kier alpha value is -2.09. The van der Waals surface area contributed by atoms with Gasteiger partial charge in [0.2, 0.25) is 0 Å². The average Bonchev–Trinajstić information content (AvgIpc) is 2.46. The zero-order valence-electron chi connectivity index (χ0n) is 11.3. The molecule has 2 aromatic rings. The molecule has 2 rings (SSSR count). The highest BCUT2D eigenvalue weighted by molar-refractivity contribution is 5.90. The van der Waals surface area contributed by atoms with Crippen LogP contribution in [-0.2, 0) is 17.6 Å². The van der Waals surface area contributed by atoms with Crippen molar-refractivity contribution in [3.05, 3.63) is 70.8 Å². The van der Waals surface area contributed by atoms with Gasteiger partial charge in [-0.05, 0) is 37.0 Å². The SMILES string of the molecule is COC(=O)c1ccccc1CCc1ccc(C)cc1. The van der Waals surface area contributed by atoms with Crippen molar-refractivity contribution in [2.45, 2.75) is 19.8 Å². The molecule has 0 fully saturated rings. The number of aryl methyl sites for hydroxylation is 3. The van der Waals surface area contributed by atoms with E-state index in [0.717, 1.165) is 18.4 Å². The summed E-state index contributed by atoms with van der Waals surface area (Å²) in [6.07, 6.45) is 1.77. The molecule has 0 N–H and O–H groups in total. The molecule has 0 unspecified atom stereocenters. The monoisotopic (exact) mass is 254 g/mol. The highest BCUT2D eigenvalue weighted by Gasteiger charge is 2.10. The topological polar surface area (TPSA) is 26.3 Å². The summed E-state index contributed by atoms with van der Waals surface area (Å²) in [7, 11) is 1.42. The molecular weight excluding hydrogens is 236 g/mol. The molecule has 0 amide bonds. The maximum absolute atomic E-state index is 11.7. The highest BCUT2D eigenvalue weighted by atomic mass is 16.5. The van der Waals surface area contributed by atoms with Crippen LogP contribution in [0.25, 0.3) is 0 Å². The van der Waals surface area contributed by atoms with Crippen LogP contribution in [0.15, 0.2) is 48.5 Å². The van der Waals surface area contributed by atoms with Crippen molar-refractivity contribution in [3.8, 4) is 0 Å². The molecule has 0 aliphatic carbocycles. The summed E-state index contributed by atoms with van der Waals surface area (Å²) in [5, 5.41) is 0. The lowest BCUT2D eigenvalue weighted by Crippen LogP contribution is -2.06. The molecule has 19 heavy (non-hydrogen) atoms. The van der Waals surface area contributed by atoms with Crippen LogP contribution in [-0.4, -0.2) is 13.1 Å². The van der Waals surface area contributed by atoms with Crippen LogP contribution in [0.3, 0.4) is 0 Å². The molecule has 0 radical (unpaired) electrons. The molecule has 0 saturated carbocycles. The zero-order valence-corrected chi connectivity index (χ0v) is 11.3. The molecule has 2 heteroatoms. The van der Waals surface area contributed by atoms with Crippen LogP contribution < -0.4 is 0 Å². The average molecular weight is 254 g/mol. The van der Waals surface area contributed by atoms with E-state index in [1.165, 1.54) is 18.2 Å². The van der Waals surface area contributed by atoms with Gasteiger partial charge in [-0.1, -0.05) is 48.0 Å². The van der Waals surface area contributed by atoms with Crippen LogP contribution in [0.5, 0.6) is 0 Å². The number of carbonyl (C=O) groups is 1. The summed E-state index contributed by atoms with van der Waals surface area (Å²) in [4.78, 5) is 11.7. The standard InChI is InChI=1S/C17H18O2/c1-13-7-9-14(10-8-13)11-12-15-5-3-4-6-16(15)17(18)19-2/h3-10H,11-12H2,1-2H3. The Morgan fingerprint density at radius 1 is 1.00 bits per heavy atom. The van der Waals surface area contributed by atoms with Crippen LogP contribution >= 0.6 is 0 Å². The van der Waals surface area contributed by atoms with Crippen LogP contribution in [0.2, 0.25) is 0 Å². The first-order valence-corrected chi connectivity index (χ1v) is 6.42. The fourth-order valence-corrected chi connectivity index (χ4v) is 2.08. The molecule has 0 heterocycles. The summed E-state index contributed by atoms with van der Waals surface area (Å²) >= 11 is 0. The molecule has 0 aromatic heterocycles. The Balaban J connectivity index is 2.11. The second-order valence-electron chi connectivity index (χ2n) is 4.63. The summed E-state index contributed by atoms with van der Waals surface area (Å²) in [5.41, 5.74) is 4.25. The number of hydrogen-bond acceptors (Lipinski definition) is 2. The number of carbonyl (C=O) groups excluding carboxylic acids is 1. The highest BCUT2D eigenvalue weighted by Crippen LogP contribution is 2.14. The molecule has 0 aliphatic heterocycles. The van der Waals surface area contributed by atoms with E-state index in [9.17, 15) is 4.79 Å². The minimum atomic E-state index is -0.264. The largest absolute Gasteiger partial charge is 0.465 e. The van der Waals surface area contributed by atoms with E-state index in [-0.39, 0.29) is 5.97 Å². The van der Waals surface area contributed by atoms with Gasteiger partial charge in [0.25, 0.3) is 0 Å². The molecule has 0 saturated heterocycles. The third-order valence-corrected chi connectivity index (χ3v) is 3.23. The van der Waals surface area contributed by atoms with Crippen molar-refractivity contribution < 1.29 is 9.53 Å². The van der Waals surface area contributed by atoms with E-state index < -0.39 is 0 Å². The van der Waals surface area contributed by atoms with Gasteiger partial charge in [-0.3, -0.25) is 0 Å². The fraction of sp³-hybridized carbons (Fsp3) is 0.235. The number of ether oxygens (including phenoxy) is 1. The molecular formula is C17H18O2. The van der Waals surface area contributed by atoms with E-state index in [1.807, 2.05) is 24.3 Å². The molecule has 0 atom stereocenters. The van der Waals surface area contributed by atoms with E-state index in [2.05, 4.69) is 31.2 Å². The minimum absolute atomic E-state index is 0.264. The lowest BCUT2D eigenvalue weighted by molar-refractivity contribution is 0.0599. The van der Waals surface area contributed by atoms with E-state index in [4.69, 9.17) is 4.74 Å². The van der Waals surface area contributed by atoms with E-state index in [0.29, 0.717) is 5.56 Å². The molecule has 2 aromatic carbocycles. The maximum Gasteiger partial charge on any atom is 0.338 e. The van der Waals surface area contributed by atoms with Gasteiger partial charge in [-0.15, -0.1) is 0 Å². The molecule has 98 valence electrons. The maximum atomic E-state index is 11.7. The Morgan fingerprint density at radius 3 is 2.37 bits per heavy atom. The van der Waals surface area contributed by atoms with Crippen LogP contribution in [0.1, 0.15) is 27.0 Å². The predicted molar refractivity (Wildman–Crippen MR) is 76.4 cm³/mol. The van der Waals surface area contributed by atoms with Gasteiger partial charge in [0.05, 0.1) is 12.7 Å². The van der Waals surface area contributed by atoms with Crippen molar-refractivity contribution in [1.82, 2.24) is 0 Å². The second-order valence-corrected chi connectivity index (χ2v) is 4.63. The smallest absolute Gasteiger partial charge is 0.338 e. The molecule has 0 spiro atoms. The summed E-state index contributed by atoms with van der Waals surface area (Å²) in [5.74, 6) is -0.264. The van der Waals surface area contributed by atoms with Gasteiger partial charge in [-0.2, -0.15) is 0 Å². The van der Waals surface area contributed by atoms with Gasteiger partial charge in [0, 0.05) is 0 Å². The third-order valence-electron chi connectivity index (χ3n) is 3.23. The van der Waals surface area contributed by atoms with E-state index in [1.54, 1.807) is 0 Å². The summed E-state index contributed by atoms with van der Waals surface area (Å²) in [6, 6.07) is 16.1. The fourth-order valence-electron chi connectivity index (χ4n) is 2.08. The Morgan fingerprint density at radius 2 is 1.68 bits per heavy atom. The third kappa shape index (κ3) is 3.44. The lowest BCUT2D eigenvalue weighted by Gasteiger charge is -2.08. The van der Waals surface area contributed by atoms with E-state index >= 15 is 0 Å². The van der Waals surface area contributed by atoms with Gasteiger partial charge in [0.1, 0.15) is 0 Å². The molecule has 0 bridgehead atoms. The van der Waals surface area contributed by atoms with Crippen molar-refractivity contribution in [2.24, 2.45) is 0 Å². The Bertz CT molecular complexity index is 556. The molecule has 0 aliphatic rings. The first kappa shape index (κ1) is 13.3. The first-order valence-electron chi connectivity index (χ1n) is 6.42. The van der Waals surface area contributed by atoms with Crippen LogP contribution in [0, 0.1) is 6.92 Å². The van der Waals surface area contributed by atoms with Gasteiger partial charge in [-0.25, -0.2) is 4.79 Å². The van der Waals surface area contributed by atoms with Gasteiger partial charge < -0.3 is 4.74 Å². The van der Waals surface area contributed by atoms with Crippen molar-refractivity contribution in [1.29, 1.82) is 0 Å². The zero-order chi connectivity index (χ0) is 13.7. The Kier molecular flexibility index (Phi) is 4.35. The van der Waals surface area contributed by atoms with Crippen molar-refractivity contribution in [2.75, 3.05) is 7.11 Å². The molecule has 2 nitrogen and oxygen atoms in total. The Labute approximate surface area is 114 Å². The van der Waals surface area contributed by atoms with Crippen molar-refractivity contribution in [3.63, 3.8) is 0 Å². The van der Waals surface area contributed by atoms with Gasteiger partial charge >= 0.3 is 5.97 Å². The summed E-state index contributed by atoms with van der Waals surface area (Å²) < 4.78 is 4.81.